The number of methoxy groups -OCH3 is 1. The van der Waals surface area contributed by atoms with Crippen molar-refractivity contribution in [3.8, 4) is 5.75 Å². The van der Waals surface area contributed by atoms with E-state index in [1.165, 1.54) is 13.2 Å². The molecule has 0 aliphatic carbocycles. The first-order valence-corrected chi connectivity index (χ1v) is 6.69. The van der Waals surface area contributed by atoms with Crippen molar-refractivity contribution in [1.29, 1.82) is 0 Å². The summed E-state index contributed by atoms with van der Waals surface area (Å²) in [5, 5.41) is 5.56. The fraction of sp³-hybridized carbons (Fsp3) is 0.0667. The maximum absolute atomic E-state index is 12.3. The summed E-state index contributed by atoms with van der Waals surface area (Å²) < 4.78 is 5.14. The minimum Gasteiger partial charge on any atom is -0.496 e. The maximum atomic E-state index is 12.3. The highest BCUT2D eigenvalue weighted by Gasteiger charge is 2.13. The van der Waals surface area contributed by atoms with Crippen molar-refractivity contribution in [2.24, 2.45) is 5.73 Å². The minimum absolute atomic E-state index is 0.309. The van der Waals surface area contributed by atoms with Crippen LogP contribution in [-0.2, 0) is 0 Å². The average Bonchev–Trinajstić information content (AvgIpc) is 2.46. The topological polar surface area (TPSA) is 93.4 Å². The van der Waals surface area contributed by atoms with Gasteiger partial charge in [-0.15, -0.1) is 0 Å². The predicted octanol–water partition coefficient (Wildman–Crippen LogP) is 3.09. The first-order chi connectivity index (χ1) is 10.5. The van der Waals surface area contributed by atoms with Crippen LogP contribution >= 0.6 is 11.6 Å². The Morgan fingerprint density at radius 2 is 1.77 bits per heavy atom. The van der Waals surface area contributed by atoms with Crippen molar-refractivity contribution >= 4 is 34.9 Å². The Hall–Kier alpha value is -2.73. The Kier molecular flexibility index (Phi) is 4.85. The van der Waals surface area contributed by atoms with E-state index in [-0.39, 0.29) is 5.91 Å². The van der Waals surface area contributed by atoms with Crippen LogP contribution in [0.1, 0.15) is 10.4 Å². The Morgan fingerprint density at radius 3 is 2.41 bits per heavy atom. The molecule has 0 aliphatic heterocycles. The molecule has 0 aromatic heterocycles. The molecule has 22 heavy (non-hydrogen) atoms. The smallest absolute Gasteiger partial charge is 0.316 e. The van der Waals surface area contributed by atoms with Gasteiger partial charge in [-0.3, -0.25) is 4.79 Å². The summed E-state index contributed by atoms with van der Waals surface area (Å²) in [6, 6.07) is 10.7. The molecule has 0 aliphatic rings. The number of carbonyl (C=O) groups excluding carboxylic acids is 2. The van der Waals surface area contributed by atoms with E-state index in [1.807, 2.05) is 0 Å². The van der Waals surface area contributed by atoms with E-state index in [0.29, 0.717) is 27.7 Å². The third-order valence-electron chi connectivity index (χ3n) is 2.79. The first-order valence-electron chi connectivity index (χ1n) is 6.31. The van der Waals surface area contributed by atoms with Gasteiger partial charge < -0.3 is 21.1 Å². The normalized spacial score (nSPS) is 9.91. The summed E-state index contributed by atoms with van der Waals surface area (Å²) in [6.45, 7) is 0. The van der Waals surface area contributed by atoms with Gasteiger partial charge in [-0.1, -0.05) is 17.7 Å². The zero-order chi connectivity index (χ0) is 16.1. The number of anilines is 2. The van der Waals surface area contributed by atoms with Crippen LogP contribution in [0.25, 0.3) is 0 Å². The van der Waals surface area contributed by atoms with Gasteiger partial charge in [0.25, 0.3) is 5.91 Å². The number of hydrogen-bond donors (Lipinski definition) is 3. The summed E-state index contributed by atoms with van der Waals surface area (Å²) in [7, 11) is 1.47. The first kappa shape index (κ1) is 15.7. The molecule has 0 saturated heterocycles. The van der Waals surface area contributed by atoms with Crippen molar-refractivity contribution in [3.05, 3.63) is 53.1 Å². The second-order valence-electron chi connectivity index (χ2n) is 4.37. The van der Waals surface area contributed by atoms with E-state index in [2.05, 4.69) is 10.6 Å². The van der Waals surface area contributed by atoms with Crippen LogP contribution in [0, 0.1) is 0 Å². The molecule has 0 saturated carbocycles. The van der Waals surface area contributed by atoms with E-state index in [4.69, 9.17) is 22.1 Å². The molecule has 7 heteroatoms. The highest BCUT2D eigenvalue weighted by Crippen LogP contribution is 2.24. The highest BCUT2D eigenvalue weighted by atomic mass is 35.5. The molecule has 6 nitrogen and oxygen atoms in total. The minimum atomic E-state index is -0.681. The maximum Gasteiger partial charge on any atom is 0.316 e. The Balaban J connectivity index is 2.22. The number of halogens is 1. The van der Waals surface area contributed by atoms with Crippen molar-refractivity contribution in [2.75, 3.05) is 17.7 Å². The van der Waals surface area contributed by atoms with E-state index >= 15 is 0 Å². The fourth-order valence-corrected chi connectivity index (χ4v) is 2.05. The summed E-state index contributed by atoms with van der Waals surface area (Å²) in [6.07, 6.45) is 0. The lowest BCUT2D eigenvalue weighted by Gasteiger charge is -2.10. The summed E-state index contributed by atoms with van der Waals surface area (Å²) in [4.78, 5) is 23.2. The Bertz CT molecular complexity index is 719. The monoisotopic (exact) mass is 319 g/mol. The summed E-state index contributed by atoms with van der Waals surface area (Å²) >= 11 is 5.91. The van der Waals surface area contributed by atoms with Gasteiger partial charge in [0.05, 0.1) is 12.7 Å². The zero-order valence-corrected chi connectivity index (χ0v) is 12.5. The number of amides is 3. The van der Waals surface area contributed by atoms with Crippen molar-refractivity contribution in [2.45, 2.75) is 0 Å². The molecule has 0 fully saturated rings. The number of urea groups is 1. The third kappa shape index (κ3) is 3.89. The van der Waals surface area contributed by atoms with Crippen molar-refractivity contribution in [1.82, 2.24) is 0 Å². The average molecular weight is 320 g/mol. The van der Waals surface area contributed by atoms with Crippen molar-refractivity contribution < 1.29 is 14.3 Å². The number of rotatable bonds is 4. The number of primary amides is 1. The second-order valence-corrected chi connectivity index (χ2v) is 4.81. The van der Waals surface area contributed by atoms with Crippen LogP contribution in [-0.4, -0.2) is 19.0 Å². The number of carbonyl (C=O) groups is 2. The van der Waals surface area contributed by atoms with Gasteiger partial charge >= 0.3 is 6.03 Å². The van der Waals surface area contributed by atoms with E-state index in [1.54, 1.807) is 36.4 Å². The van der Waals surface area contributed by atoms with Gasteiger partial charge in [0.15, 0.2) is 0 Å². The number of benzene rings is 2. The number of nitrogens with two attached hydrogens (primary N) is 1. The molecule has 0 unspecified atom stereocenters. The van der Waals surface area contributed by atoms with Gasteiger partial charge in [0, 0.05) is 16.4 Å². The second kappa shape index (κ2) is 6.82. The summed E-state index contributed by atoms with van der Waals surface area (Å²) in [5.74, 6) is 0.0314. The quantitative estimate of drug-likeness (QED) is 0.808. The Morgan fingerprint density at radius 1 is 1.09 bits per heavy atom. The van der Waals surface area contributed by atoms with Crippen LogP contribution in [0.4, 0.5) is 16.2 Å². The van der Waals surface area contributed by atoms with Gasteiger partial charge in [0.2, 0.25) is 0 Å². The standard InChI is InChI=1S/C15H14ClN3O3/c1-22-13-6-5-9(16)7-12(13)14(20)18-10-3-2-4-11(8-10)19-15(17)21/h2-8H,1H3,(H,18,20)(H3,17,19,21). The Labute approximate surface area is 132 Å². The van der Waals surface area contributed by atoms with E-state index in [9.17, 15) is 9.59 Å². The number of ether oxygens (including phenoxy) is 1. The lowest BCUT2D eigenvalue weighted by molar-refractivity contribution is 0.102. The van der Waals surface area contributed by atoms with Gasteiger partial charge in [-0.05, 0) is 36.4 Å². The van der Waals surface area contributed by atoms with Crippen LogP contribution in [0.2, 0.25) is 5.02 Å². The molecular weight excluding hydrogens is 306 g/mol. The molecule has 0 heterocycles. The van der Waals surface area contributed by atoms with Crippen LogP contribution in [0.3, 0.4) is 0 Å². The molecular formula is C15H14ClN3O3. The predicted molar refractivity (Wildman–Crippen MR) is 85.6 cm³/mol. The molecule has 0 radical (unpaired) electrons. The van der Waals surface area contributed by atoms with Crippen LogP contribution < -0.4 is 21.1 Å². The SMILES string of the molecule is COc1ccc(Cl)cc1C(=O)Nc1cccc(NC(N)=O)c1. The lowest BCUT2D eigenvalue weighted by atomic mass is 10.1. The molecule has 4 N–H and O–H groups in total. The third-order valence-corrected chi connectivity index (χ3v) is 3.03. The molecule has 114 valence electrons. The van der Waals surface area contributed by atoms with Gasteiger partial charge in [-0.25, -0.2) is 4.79 Å². The van der Waals surface area contributed by atoms with E-state index < -0.39 is 6.03 Å². The number of nitrogens with one attached hydrogen (secondary N) is 2. The highest BCUT2D eigenvalue weighted by molar-refractivity contribution is 6.31. The molecule has 2 rings (SSSR count). The van der Waals surface area contributed by atoms with Crippen LogP contribution in [0.15, 0.2) is 42.5 Å². The van der Waals surface area contributed by atoms with Crippen LogP contribution in [0.5, 0.6) is 5.75 Å². The number of hydrogen-bond acceptors (Lipinski definition) is 3. The van der Waals surface area contributed by atoms with E-state index in [0.717, 1.165) is 0 Å². The van der Waals surface area contributed by atoms with Crippen molar-refractivity contribution in [3.63, 3.8) is 0 Å². The molecule has 3 amide bonds. The van der Waals surface area contributed by atoms with Gasteiger partial charge in [-0.2, -0.15) is 0 Å². The largest absolute Gasteiger partial charge is 0.496 e. The zero-order valence-electron chi connectivity index (χ0n) is 11.7. The lowest BCUT2D eigenvalue weighted by Crippen LogP contribution is -2.19. The molecule has 2 aromatic carbocycles. The molecule has 0 bridgehead atoms. The fourth-order valence-electron chi connectivity index (χ4n) is 1.87. The van der Waals surface area contributed by atoms with Gasteiger partial charge in [0.1, 0.15) is 5.75 Å². The molecule has 0 atom stereocenters. The summed E-state index contributed by atoms with van der Waals surface area (Å²) in [5.41, 5.74) is 6.34. The molecule has 2 aromatic rings. The molecule has 0 spiro atoms.